The Kier molecular flexibility index (Phi) is 7.23. The second-order valence-electron chi connectivity index (χ2n) is 6.70. The van der Waals surface area contributed by atoms with E-state index < -0.39 is 10.0 Å². The zero-order valence-corrected chi connectivity index (χ0v) is 16.3. The van der Waals surface area contributed by atoms with E-state index in [-0.39, 0.29) is 29.9 Å². The Morgan fingerprint density at radius 3 is 2.54 bits per heavy atom. The number of benzene rings is 1. The van der Waals surface area contributed by atoms with Crippen molar-refractivity contribution in [1.82, 2.24) is 9.62 Å². The summed E-state index contributed by atoms with van der Waals surface area (Å²) in [5, 5.41) is 3.00. The van der Waals surface area contributed by atoms with Gasteiger partial charge in [0.15, 0.2) is 0 Å². The summed E-state index contributed by atoms with van der Waals surface area (Å²) in [6, 6.07) is 6.24. The van der Waals surface area contributed by atoms with Gasteiger partial charge in [-0.2, -0.15) is 4.31 Å². The van der Waals surface area contributed by atoms with E-state index in [4.69, 9.17) is 4.74 Å². The molecule has 1 amide bonds. The lowest BCUT2D eigenvalue weighted by molar-refractivity contribution is -0.122. The van der Waals surface area contributed by atoms with Crippen LogP contribution in [-0.4, -0.2) is 44.9 Å². The Labute approximate surface area is 156 Å². The first-order chi connectivity index (χ1) is 12.4. The van der Waals surface area contributed by atoms with Crippen LogP contribution in [0, 0.1) is 5.92 Å². The van der Waals surface area contributed by atoms with Gasteiger partial charge in [0, 0.05) is 12.6 Å². The van der Waals surface area contributed by atoms with Gasteiger partial charge in [-0.05, 0) is 43.0 Å². The van der Waals surface area contributed by atoms with Crippen molar-refractivity contribution < 1.29 is 17.9 Å². The minimum Gasteiger partial charge on any atom is -0.497 e. The summed E-state index contributed by atoms with van der Waals surface area (Å²) < 4.78 is 31.9. The molecule has 6 nitrogen and oxygen atoms in total. The van der Waals surface area contributed by atoms with Gasteiger partial charge in [-0.3, -0.25) is 4.79 Å². The van der Waals surface area contributed by atoms with Crippen LogP contribution in [0.4, 0.5) is 0 Å². The first-order valence-corrected chi connectivity index (χ1v) is 10.4. The monoisotopic (exact) mass is 380 g/mol. The lowest BCUT2D eigenvalue weighted by atomic mass is 9.86. The normalized spacial score (nSPS) is 20.6. The molecule has 7 heteroatoms. The molecule has 0 bridgehead atoms. The molecule has 0 unspecified atom stereocenters. The number of nitrogens with zero attached hydrogens (tertiary/aromatic N) is 1. The third kappa shape index (κ3) is 5.08. The summed E-state index contributed by atoms with van der Waals surface area (Å²) >= 11 is 0. The largest absolute Gasteiger partial charge is 0.497 e. The van der Waals surface area contributed by atoms with Gasteiger partial charge in [-0.15, -0.1) is 6.58 Å². The molecule has 0 heterocycles. The van der Waals surface area contributed by atoms with Gasteiger partial charge < -0.3 is 10.1 Å². The first-order valence-electron chi connectivity index (χ1n) is 8.93. The van der Waals surface area contributed by atoms with E-state index in [1.807, 2.05) is 0 Å². The van der Waals surface area contributed by atoms with Gasteiger partial charge in [-0.1, -0.05) is 25.8 Å². The Morgan fingerprint density at radius 2 is 1.96 bits per heavy atom. The van der Waals surface area contributed by atoms with Gasteiger partial charge in [0.1, 0.15) is 5.75 Å². The third-order valence-corrected chi connectivity index (χ3v) is 6.63. The average Bonchev–Trinajstić information content (AvgIpc) is 2.63. The van der Waals surface area contributed by atoms with E-state index in [2.05, 4.69) is 18.8 Å². The highest BCUT2D eigenvalue weighted by atomic mass is 32.2. The Morgan fingerprint density at radius 1 is 1.31 bits per heavy atom. The number of rotatable bonds is 8. The van der Waals surface area contributed by atoms with Crippen molar-refractivity contribution in [3.8, 4) is 5.75 Å². The maximum atomic E-state index is 12.9. The predicted molar refractivity (Wildman–Crippen MR) is 102 cm³/mol. The quantitative estimate of drug-likeness (QED) is 0.703. The number of nitrogens with one attached hydrogen (secondary N) is 1. The van der Waals surface area contributed by atoms with Gasteiger partial charge in [-0.25, -0.2) is 8.42 Å². The molecule has 0 spiro atoms. The van der Waals surface area contributed by atoms with Crippen molar-refractivity contribution >= 4 is 15.9 Å². The lowest BCUT2D eigenvalue weighted by Gasteiger charge is -2.30. The van der Waals surface area contributed by atoms with E-state index in [0.29, 0.717) is 11.7 Å². The number of ether oxygens (including phenoxy) is 1. The predicted octanol–water partition coefficient (Wildman–Crippen LogP) is 2.57. The fourth-order valence-corrected chi connectivity index (χ4v) is 4.60. The van der Waals surface area contributed by atoms with Crippen LogP contribution in [-0.2, 0) is 14.8 Å². The SMILES string of the molecule is C=CCN(CC(=O)N[C@@H]1CCCC[C@@H]1C)S(=O)(=O)c1ccc(OC)cc1. The van der Waals surface area contributed by atoms with Crippen LogP contribution >= 0.6 is 0 Å². The maximum Gasteiger partial charge on any atom is 0.243 e. The number of sulfonamides is 1. The standard InChI is InChI=1S/C19H28N2O4S/c1-4-13-21(14-19(22)20-18-8-6-5-7-15(18)2)26(23,24)17-11-9-16(25-3)10-12-17/h4,9-12,15,18H,1,5-8,13-14H2,2-3H3,(H,20,22)/t15-,18+/m0/s1. The van der Waals surface area contributed by atoms with Crippen LogP contribution in [0.15, 0.2) is 41.8 Å². The third-order valence-electron chi connectivity index (χ3n) is 4.81. The molecule has 1 N–H and O–H groups in total. The second kappa shape index (κ2) is 9.19. The minimum absolute atomic E-state index is 0.0714. The van der Waals surface area contributed by atoms with Gasteiger partial charge >= 0.3 is 0 Å². The van der Waals surface area contributed by atoms with E-state index >= 15 is 0 Å². The van der Waals surface area contributed by atoms with Crippen molar-refractivity contribution in [2.75, 3.05) is 20.2 Å². The fraction of sp³-hybridized carbons (Fsp3) is 0.526. The molecule has 144 valence electrons. The Balaban J connectivity index is 2.10. The number of hydrogen-bond acceptors (Lipinski definition) is 4. The number of hydrogen-bond donors (Lipinski definition) is 1. The summed E-state index contributed by atoms with van der Waals surface area (Å²) in [5.74, 6) is 0.713. The number of methoxy groups -OCH3 is 1. The van der Waals surface area contributed by atoms with Gasteiger partial charge in [0.25, 0.3) is 0 Å². The molecule has 2 atom stereocenters. The highest BCUT2D eigenvalue weighted by molar-refractivity contribution is 7.89. The zero-order valence-electron chi connectivity index (χ0n) is 15.5. The summed E-state index contributed by atoms with van der Waals surface area (Å²) in [4.78, 5) is 12.6. The summed E-state index contributed by atoms with van der Waals surface area (Å²) in [7, 11) is -2.27. The summed E-state index contributed by atoms with van der Waals surface area (Å²) in [5.41, 5.74) is 0. The smallest absolute Gasteiger partial charge is 0.243 e. The number of carbonyl (C=O) groups excluding carboxylic acids is 1. The molecule has 0 radical (unpaired) electrons. The van der Waals surface area contributed by atoms with Crippen LogP contribution < -0.4 is 10.1 Å². The maximum absolute atomic E-state index is 12.9. The molecule has 2 rings (SSSR count). The second-order valence-corrected chi connectivity index (χ2v) is 8.64. The molecule has 1 saturated carbocycles. The van der Waals surface area contributed by atoms with Crippen molar-refractivity contribution in [3.63, 3.8) is 0 Å². The zero-order chi connectivity index (χ0) is 19.2. The van der Waals surface area contributed by atoms with Crippen LogP contribution in [0.25, 0.3) is 0 Å². The summed E-state index contributed by atoms with van der Waals surface area (Å²) in [6.07, 6.45) is 5.79. The van der Waals surface area contributed by atoms with Crippen molar-refractivity contribution in [2.45, 2.75) is 43.5 Å². The molecule has 0 aromatic heterocycles. The van der Waals surface area contributed by atoms with Gasteiger partial charge in [0.2, 0.25) is 15.9 Å². The molecule has 1 aromatic rings. The topological polar surface area (TPSA) is 75.7 Å². The van der Waals surface area contributed by atoms with Crippen LogP contribution in [0.5, 0.6) is 5.75 Å². The van der Waals surface area contributed by atoms with Crippen LogP contribution in [0.2, 0.25) is 0 Å². The molecule has 1 aromatic carbocycles. The van der Waals surface area contributed by atoms with E-state index in [0.717, 1.165) is 23.6 Å². The van der Waals surface area contributed by atoms with Crippen LogP contribution in [0.3, 0.4) is 0 Å². The summed E-state index contributed by atoms with van der Waals surface area (Å²) in [6.45, 7) is 5.59. The number of carbonyl (C=O) groups is 1. The molecule has 1 fully saturated rings. The Bertz CT molecular complexity index is 716. The van der Waals surface area contributed by atoms with Gasteiger partial charge in [0.05, 0.1) is 18.6 Å². The average molecular weight is 381 g/mol. The van der Waals surface area contributed by atoms with Crippen molar-refractivity contribution in [2.24, 2.45) is 5.92 Å². The molecular formula is C19H28N2O4S. The molecule has 0 saturated heterocycles. The fourth-order valence-electron chi connectivity index (χ4n) is 3.23. The molecule has 1 aliphatic carbocycles. The van der Waals surface area contributed by atoms with Crippen LogP contribution in [0.1, 0.15) is 32.6 Å². The molecule has 1 aliphatic rings. The highest BCUT2D eigenvalue weighted by Gasteiger charge is 2.28. The minimum atomic E-state index is -3.79. The van der Waals surface area contributed by atoms with E-state index in [1.54, 1.807) is 12.1 Å². The first kappa shape index (κ1) is 20.5. The van der Waals surface area contributed by atoms with E-state index in [1.165, 1.54) is 31.7 Å². The lowest BCUT2D eigenvalue weighted by Crippen LogP contribution is -2.47. The van der Waals surface area contributed by atoms with Crippen molar-refractivity contribution in [3.05, 3.63) is 36.9 Å². The van der Waals surface area contributed by atoms with Crippen molar-refractivity contribution in [1.29, 1.82) is 0 Å². The molecular weight excluding hydrogens is 352 g/mol. The molecule has 0 aliphatic heterocycles. The number of amides is 1. The highest BCUT2D eigenvalue weighted by Crippen LogP contribution is 2.24. The molecule has 26 heavy (non-hydrogen) atoms. The Hall–Kier alpha value is -1.86. The van der Waals surface area contributed by atoms with E-state index in [9.17, 15) is 13.2 Å².